The van der Waals surface area contributed by atoms with Crippen LogP contribution in [0.25, 0.3) is 11.4 Å². The molecular weight excluding hydrogens is 380 g/mol. The Kier molecular flexibility index (Phi) is 6.75. The first kappa shape index (κ1) is 21.0. The lowest BCUT2D eigenvalue weighted by Gasteiger charge is -2.27. The normalized spacial score (nSPS) is 10.5. The maximum absolute atomic E-state index is 13.1. The van der Waals surface area contributed by atoms with Crippen LogP contribution in [0.5, 0.6) is 0 Å². The lowest BCUT2D eigenvalue weighted by molar-refractivity contribution is 0.0697. The second kappa shape index (κ2) is 9.65. The largest absolute Gasteiger partial charge is 0.477 e. The van der Waals surface area contributed by atoms with Crippen molar-refractivity contribution in [3.05, 3.63) is 78.0 Å². The van der Waals surface area contributed by atoms with E-state index < -0.39 is 5.97 Å². The van der Waals surface area contributed by atoms with Gasteiger partial charge in [-0.2, -0.15) is 0 Å². The van der Waals surface area contributed by atoms with Crippen molar-refractivity contribution in [2.75, 3.05) is 25.0 Å². The molecule has 0 radical (unpaired) electrons. The van der Waals surface area contributed by atoms with Gasteiger partial charge >= 0.3 is 12.0 Å². The Labute approximate surface area is 175 Å². The lowest BCUT2D eigenvalue weighted by Crippen LogP contribution is -2.43. The van der Waals surface area contributed by atoms with Crippen molar-refractivity contribution >= 4 is 17.8 Å². The summed E-state index contributed by atoms with van der Waals surface area (Å²) < 4.78 is 0. The van der Waals surface area contributed by atoms with E-state index >= 15 is 0 Å². The van der Waals surface area contributed by atoms with Crippen LogP contribution >= 0.6 is 0 Å². The first-order chi connectivity index (χ1) is 14.5. The molecule has 0 bridgehead atoms. The van der Waals surface area contributed by atoms with Gasteiger partial charge in [-0.25, -0.2) is 19.6 Å². The van der Waals surface area contributed by atoms with Crippen molar-refractivity contribution in [3.8, 4) is 11.4 Å². The fourth-order valence-corrected chi connectivity index (χ4v) is 3.11. The molecule has 0 aliphatic carbocycles. The maximum atomic E-state index is 13.1. The zero-order valence-electron chi connectivity index (χ0n) is 17.0. The molecule has 3 aromatic rings. The van der Waals surface area contributed by atoms with Gasteiger partial charge in [0.2, 0.25) is 0 Å². The number of hydrogen-bond donors (Lipinski definition) is 1. The van der Waals surface area contributed by atoms with Crippen LogP contribution in [0, 0.1) is 0 Å². The first-order valence-corrected chi connectivity index (χ1v) is 9.73. The van der Waals surface area contributed by atoms with Gasteiger partial charge < -0.3 is 10.0 Å². The summed E-state index contributed by atoms with van der Waals surface area (Å²) in [5, 5.41) is 9.57. The number of amides is 2. The van der Waals surface area contributed by atoms with Gasteiger partial charge in [-0.15, -0.1) is 0 Å². The van der Waals surface area contributed by atoms with E-state index in [2.05, 4.69) is 9.97 Å². The number of benzene rings is 2. The van der Waals surface area contributed by atoms with Crippen LogP contribution < -0.4 is 4.90 Å². The number of hydrogen-bond acceptors (Lipinski definition) is 4. The molecule has 0 atom stereocenters. The van der Waals surface area contributed by atoms with E-state index in [1.807, 2.05) is 67.6 Å². The van der Waals surface area contributed by atoms with Gasteiger partial charge in [0, 0.05) is 31.9 Å². The van der Waals surface area contributed by atoms with Crippen LogP contribution in [0.4, 0.5) is 10.6 Å². The topological polar surface area (TPSA) is 86.6 Å². The molecule has 1 aromatic heterocycles. The van der Waals surface area contributed by atoms with Crippen molar-refractivity contribution in [3.63, 3.8) is 0 Å². The highest BCUT2D eigenvalue weighted by atomic mass is 16.4. The summed E-state index contributed by atoms with van der Waals surface area (Å²) >= 11 is 0. The van der Waals surface area contributed by atoms with E-state index in [1.165, 1.54) is 18.1 Å². The standard InChI is InChI=1S/C23H24N4O3/c1-3-27(15-14-17-10-6-4-7-11-17)23(30)26(2)21-19(22(28)29)16-24-20(25-21)18-12-8-5-9-13-18/h4-13,16H,3,14-15H2,1-2H3,(H,28,29). The Morgan fingerprint density at radius 3 is 2.23 bits per heavy atom. The Bertz CT molecular complexity index is 1010. The second-order valence-electron chi connectivity index (χ2n) is 6.76. The van der Waals surface area contributed by atoms with Gasteiger partial charge in [0.25, 0.3) is 0 Å². The van der Waals surface area contributed by atoms with Crippen molar-refractivity contribution in [1.29, 1.82) is 0 Å². The second-order valence-corrected chi connectivity index (χ2v) is 6.76. The fourth-order valence-electron chi connectivity index (χ4n) is 3.11. The van der Waals surface area contributed by atoms with Gasteiger partial charge in [0.1, 0.15) is 5.56 Å². The molecule has 0 fully saturated rings. The number of carbonyl (C=O) groups is 2. The average Bonchev–Trinajstić information content (AvgIpc) is 2.79. The first-order valence-electron chi connectivity index (χ1n) is 9.73. The maximum Gasteiger partial charge on any atom is 0.341 e. The lowest BCUT2D eigenvalue weighted by atomic mass is 10.1. The number of nitrogens with zero attached hydrogens (tertiary/aromatic N) is 4. The van der Waals surface area contributed by atoms with Crippen molar-refractivity contribution in [2.24, 2.45) is 0 Å². The molecular formula is C23H24N4O3. The number of likely N-dealkylation sites (N-methyl/N-ethyl adjacent to an activating group) is 1. The molecule has 30 heavy (non-hydrogen) atoms. The molecule has 3 rings (SSSR count). The zero-order valence-corrected chi connectivity index (χ0v) is 17.0. The molecule has 0 aliphatic heterocycles. The molecule has 0 saturated heterocycles. The molecule has 2 amide bonds. The highest BCUT2D eigenvalue weighted by Crippen LogP contribution is 2.22. The average molecular weight is 404 g/mol. The Morgan fingerprint density at radius 2 is 1.63 bits per heavy atom. The number of carbonyl (C=O) groups excluding carboxylic acids is 1. The summed E-state index contributed by atoms with van der Waals surface area (Å²) in [5.41, 5.74) is 1.75. The van der Waals surface area contributed by atoms with Gasteiger partial charge in [0.15, 0.2) is 11.6 Å². The third-order valence-electron chi connectivity index (χ3n) is 4.80. The number of anilines is 1. The van der Waals surface area contributed by atoms with E-state index in [4.69, 9.17) is 0 Å². The van der Waals surface area contributed by atoms with Crippen LogP contribution in [-0.4, -0.2) is 52.1 Å². The van der Waals surface area contributed by atoms with Crippen molar-refractivity contribution in [1.82, 2.24) is 14.9 Å². The minimum atomic E-state index is -1.18. The molecule has 7 nitrogen and oxygen atoms in total. The Morgan fingerprint density at radius 1 is 1.00 bits per heavy atom. The molecule has 1 N–H and O–H groups in total. The minimum Gasteiger partial charge on any atom is -0.477 e. The van der Waals surface area contributed by atoms with Crippen molar-refractivity contribution < 1.29 is 14.7 Å². The molecule has 2 aromatic carbocycles. The summed E-state index contributed by atoms with van der Waals surface area (Å²) in [6.45, 7) is 2.90. The molecule has 154 valence electrons. The van der Waals surface area contributed by atoms with E-state index in [-0.39, 0.29) is 17.4 Å². The van der Waals surface area contributed by atoms with Crippen LogP contribution in [0.3, 0.4) is 0 Å². The highest BCUT2D eigenvalue weighted by Gasteiger charge is 2.25. The van der Waals surface area contributed by atoms with Crippen LogP contribution in [0.1, 0.15) is 22.8 Å². The predicted molar refractivity (Wildman–Crippen MR) is 116 cm³/mol. The number of aromatic nitrogens is 2. The number of carboxylic acid groups (broad SMARTS) is 1. The van der Waals surface area contributed by atoms with Gasteiger partial charge in [-0.3, -0.25) is 4.90 Å². The van der Waals surface area contributed by atoms with E-state index in [0.717, 1.165) is 11.1 Å². The third-order valence-corrected chi connectivity index (χ3v) is 4.80. The van der Waals surface area contributed by atoms with Crippen molar-refractivity contribution in [2.45, 2.75) is 13.3 Å². The van der Waals surface area contributed by atoms with Gasteiger partial charge in [-0.05, 0) is 18.9 Å². The smallest absolute Gasteiger partial charge is 0.341 e. The number of urea groups is 1. The number of rotatable bonds is 7. The SMILES string of the molecule is CCN(CCc1ccccc1)C(=O)N(C)c1nc(-c2ccccc2)ncc1C(=O)O. The quantitative estimate of drug-likeness (QED) is 0.644. The third kappa shape index (κ3) is 4.81. The highest BCUT2D eigenvalue weighted by molar-refractivity contribution is 5.99. The van der Waals surface area contributed by atoms with E-state index in [1.54, 1.807) is 4.90 Å². The van der Waals surface area contributed by atoms with E-state index in [0.29, 0.717) is 25.3 Å². The molecule has 0 unspecified atom stereocenters. The molecule has 0 saturated carbocycles. The van der Waals surface area contributed by atoms with Crippen LogP contribution in [0.2, 0.25) is 0 Å². The van der Waals surface area contributed by atoms with Crippen LogP contribution in [-0.2, 0) is 6.42 Å². The van der Waals surface area contributed by atoms with Gasteiger partial charge in [-0.1, -0.05) is 60.7 Å². The Balaban J connectivity index is 1.86. The molecule has 1 heterocycles. The minimum absolute atomic E-state index is 0.0690. The van der Waals surface area contributed by atoms with Gasteiger partial charge in [0.05, 0.1) is 0 Å². The summed E-state index contributed by atoms with van der Waals surface area (Å²) in [4.78, 5) is 36.4. The summed E-state index contributed by atoms with van der Waals surface area (Å²) in [6, 6.07) is 18.8. The summed E-state index contributed by atoms with van der Waals surface area (Å²) in [7, 11) is 1.54. The predicted octanol–water partition coefficient (Wildman–Crippen LogP) is 3.96. The van der Waals surface area contributed by atoms with Crippen LogP contribution in [0.15, 0.2) is 66.9 Å². The molecule has 0 spiro atoms. The monoisotopic (exact) mass is 404 g/mol. The van der Waals surface area contributed by atoms with E-state index in [9.17, 15) is 14.7 Å². The summed E-state index contributed by atoms with van der Waals surface area (Å²) in [5.74, 6) is -0.751. The number of carboxylic acids is 1. The zero-order chi connectivity index (χ0) is 21.5. The number of aromatic carboxylic acids is 1. The Hall–Kier alpha value is -3.74. The fraction of sp³-hybridized carbons (Fsp3) is 0.217. The summed E-state index contributed by atoms with van der Waals surface area (Å²) in [6.07, 6.45) is 1.95. The molecule has 0 aliphatic rings. The molecule has 7 heteroatoms.